The van der Waals surface area contributed by atoms with Gasteiger partial charge in [0.25, 0.3) is 0 Å². The molecule has 0 bridgehead atoms. The first kappa shape index (κ1) is 17.8. The second-order valence-corrected chi connectivity index (χ2v) is 6.95. The van der Waals surface area contributed by atoms with Gasteiger partial charge in [0.1, 0.15) is 0 Å². The van der Waals surface area contributed by atoms with Gasteiger partial charge in [-0.25, -0.2) is 0 Å². The SMILES string of the molecule is Cc1cccc(N2CCN(C(=O)CNCCC(C)C)CC2)c1C. The number of piperazine rings is 1. The van der Waals surface area contributed by atoms with Gasteiger partial charge in [-0.15, -0.1) is 0 Å². The highest BCUT2D eigenvalue weighted by Crippen LogP contribution is 2.23. The Kier molecular flexibility index (Phi) is 6.46. The van der Waals surface area contributed by atoms with E-state index < -0.39 is 0 Å². The van der Waals surface area contributed by atoms with Crippen LogP contribution in [0.15, 0.2) is 18.2 Å². The van der Waals surface area contributed by atoms with Gasteiger partial charge in [-0.2, -0.15) is 0 Å². The molecule has 1 saturated heterocycles. The zero-order valence-corrected chi connectivity index (χ0v) is 15.1. The third kappa shape index (κ3) is 4.96. The lowest BCUT2D eigenvalue weighted by atomic mass is 10.1. The Morgan fingerprint density at radius 2 is 1.87 bits per heavy atom. The zero-order chi connectivity index (χ0) is 16.8. The topological polar surface area (TPSA) is 35.6 Å². The summed E-state index contributed by atoms with van der Waals surface area (Å²) >= 11 is 0. The highest BCUT2D eigenvalue weighted by Gasteiger charge is 2.21. The summed E-state index contributed by atoms with van der Waals surface area (Å²) < 4.78 is 0. The van der Waals surface area contributed by atoms with Crippen molar-refractivity contribution in [2.75, 3.05) is 44.2 Å². The maximum atomic E-state index is 12.3. The molecule has 0 aromatic heterocycles. The Hall–Kier alpha value is -1.55. The van der Waals surface area contributed by atoms with E-state index in [0.717, 1.165) is 39.1 Å². The van der Waals surface area contributed by atoms with Crippen LogP contribution in [0, 0.1) is 19.8 Å². The third-order valence-electron chi connectivity index (χ3n) is 4.72. The first-order valence-corrected chi connectivity index (χ1v) is 8.78. The molecular formula is C19H31N3O. The number of carbonyl (C=O) groups excluding carboxylic acids is 1. The number of carbonyl (C=O) groups is 1. The van der Waals surface area contributed by atoms with Crippen LogP contribution in [0.3, 0.4) is 0 Å². The number of anilines is 1. The second kappa shape index (κ2) is 8.34. The molecule has 1 aliphatic rings. The molecule has 1 aromatic carbocycles. The van der Waals surface area contributed by atoms with Gasteiger partial charge in [0.15, 0.2) is 0 Å². The molecule has 4 nitrogen and oxygen atoms in total. The van der Waals surface area contributed by atoms with E-state index in [9.17, 15) is 4.79 Å². The van der Waals surface area contributed by atoms with Crippen LogP contribution >= 0.6 is 0 Å². The lowest BCUT2D eigenvalue weighted by Gasteiger charge is -2.37. The van der Waals surface area contributed by atoms with Crippen molar-refractivity contribution in [2.24, 2.45) is 5.92 Å². The molecule has 1 N–H and O–H groups in total. The molecule has 0 spiro atoms. The van der Waals surface area contributed by atoms with Crippen molar-refractivity contribution in [1.29, 1.82) is 0 Å². The number of nitrogens with zero attached hydrogens (tertiary/aromatic N) is 2. The molecule has 0 aliphatic carbocycles. The molecule has 23 heavy (non-hydrogen) atoms. The van der Waals surface area contributed by atoms with Crippen LogP contribution in [0.2, 0.25) is 0 Å². The van der Waals surface area contributed by atoms with E-state index in [0.29, 0.717) is 12.5 Å². The summed E-state index contributed by atoms with van der Waals surface area (Å²) in [6, 6.07) is 6.46. The Labute approximate surface area is 140 Å². The summed E-state index contributed by atoms with van der Waals surface area (Å²) in [5.74, 6) is 0.910. The molecule has 1 fully saturated rings. The van der Waals surface area contributed by atoms with Gasteiger partial charge in [0, 0.05) is 31.9 Å². The van der Waals surface area contributed by atoms with Crippen molar-refractivity contribution in [1.82, 2.24) is 10.2 Å². The second-order valence-electron chi connectivity index (χ2n) is 6.95. The van der Waals surface area contributed by atoms with Crippen molar-refractivity contribution in [3.63, 3.8) is 0 Å². The lowest BCUT2D eigenvalue weighted by molar-refractivity contribution is -0.130. The summed E-state index contributed by atoms with van der Waals surface area (Å²) in [7, 11) is 0. The van der Waals surface area contributed by atoms with Crippen LogP contribution in [0.5, 0.6) is 0 Å². The minimum Gasteiger partial charge on any atom is -0.368 e. The Balaban J connectivity index is 1.79. The van der Waals surface area contributed by atoms with Gasteiger partial charge >= 0.3 is 0 Å². The van der Waals surface area contributed by atoms with E-state index in [1.165, 1.54) is 16.8 Å². The Bertz CT molecular complexity index is 519. The number of rotatable bonds is 6. The molecule has 1 aromatic rings. The van der Waals surface area contributed by atoms with Gasteiger partial charge in [0.2, 0.25) is 5.91 Å². The highest BCUT2D eigenvalue weighted by atomic mass is 16.2. The molecule has 0 radical (unpaired) electrons. The van der Waals surface area contributed by atoms with Crippen LogP contribution < -0.4 is 10.2 Å². The fourth-order valence-electron chi connectivity index (χ4n) is 2.97. The Morgan fingerprint density at radius 1 is 1.17 bits per heavy atom. The first-order chi connectivity index (χ1) is 11.0. The molecule has 1 heterocycles. The maximum Gasteiger partial charge on any atom is 0.236 e. The minimum absolute atomic E-state index is 0.231. The molecule has 128 valence electrons. The molecule has 1 amide bonds. The van der Waals surface area contributed by atoms with Crippen molar-refractivity contribution in [3.8, 4) is 0 Å². The van der Waals surface area contributed by atoms with E-state index in [-0.39, 0.29) is 5.91 Å². The highest BCUT2D eigenvalue weighted by molar-refractivity contribution is 5.78. The molecule has 0 atom stereocenters. The van der Waals surface area contributed by atoms with E-state index in [1.54, 1.807) is 0 Å². The quantitative estimate of drug-likeness (QED) is 0.819. The number of hydrogen-bond donors (Lipinski definition) is 1. The van der Waals surface area contributed by atoms with Gasteiger partial charge in [0.05, 0.1) is 6.54 Å². The van der Waals surface area contributed by atoms with Crippen LogP contribution in [0.1, 0.15) is 31.4 Å². The molecule has 0 unspecified atom stereocenters. The predicted molar refractivity (Wildman–Crippen MR) is 97.0 cm³/mol. The van der Waals surface area contributed by atoms with E-state index in [1.807, 2.05) is 4.90 Å². The summed E-state index contributed by atoms with van der Waals surface area (Å²) in [5.41, 5.74) is 3.99. The Morgan fingerprint density at radius 3 is 2.52 bits per heavy atom. The van der Waals surface area contributed by atoms with Crippen LogP contribution in [-0.4, -0.2) is 50.1 Å². The average molecular weight is 317 g/mol. The molecular weight excluding hydrogens is 286 g/mol. The minimum atomic E-state index is 0.231. The van der Waals surface area contributed by atoms with E-state index >= 15 is 0 Å². The average Bonchev–Trinajstić information content (AvgIpc) is 2.54. The number of amides is 1. The normalized spacial score (nSPS) is 15.3. The molecule has 2 rings (SSSR count). The summed E-state index contributed by atoms with van der Waals surface area (Å²) in [6.07, 6.45) is 1.12. The molecule has 4 heteroatoms. The number of aryl methyl sites for hydroxylation is 1. The van der Waals surface area contributed by atoms with Gasteiger partial charge in [-0.3, -0.25) is 4.79 Å². The smallest absolute Gasteiger partial charge is 0.236 e. The van der Waals surface area contributed by atoms with E-state index in [2.05, 4.69) is 56.1 Å². The number of nitrogens with one attached hydrogen (secondary N) is 1. The fraction of sp³-hybridized carbons (Fsp3) is 0.632. The van der Waals surface area contributed by atoms with Crippen LogP contribution in [0.4, 0.5) is 5.69 Å². The van der Waals surface area contributed by atoms with Crippen molar-refractivity contribution in [3.05, 3.63) is 29.3 Å². The monoisotopic (exact) mass is 317 g/mol. The summed E-state index contributed by atoms with van der Waals surface area (Å²) in [5, 5.41) is 3.27. The summed E-state index contributed by atoms with van der Waals surface area (Å²) in [6.45, 7) is 13.6. The van der Waals surface area contributed by atoms with Crippen LogP contribution in [-0.2, 0) is 4.79 Å². The van der Waals surface area contributed by atoms with Gasteiger partial charge in [-0.1, -0.05) is 26.0 Å². The maximum absolute atomic E-state index is 12.3. The van der Waals surface area contributed by atoms with E-state index in [4.69, 9.17) is 0 Å². The third-order valence-corrected chi connectivity index (χ3v) is 4.72. The van der Waals surface area contributed by atoms with Gasteiger partial charge < -0.3 is 15.1 Å². The van der Waals surface area contributed by atoms with Crippen LogP contribution in [0.25, 0.3) is 0 Å². The van der Waals surface area contributed by atoms with Crippen molar-refractivity contribution >= 4 is 11.6 Å². The molecule has 1 aliphatic heterocycles. The van der Waals surface area contributed by atoms with Gasteiger partial charge in [-0.05, 0) is 49.9 Å². The number of benzene rings is 1. The lowest BCUT2D eigenvalue weighted by Crippen LogP contribution is -2.51. The fourth-order valence-corrected chi connectivity index (χ4v) is 2.97. The molecule has 0 saturated carbocycles. The largest absolute Gasteiger partial charge is 0.368 e. The van der Waals surface area contributed by atoms with Crippen molar-refractivity contribution in [2.45, 2.75) is 34.1 Å². The summed E-state index contributed by atoms with van der Waals surface area (Å²) in [4.78, 5) is 16.6. The standard InChI is InChI=1S/C19H31N3O/c1-15(2)8-9-20-14-19(23)22-12-10-21(11-13-22)18-7-5-6-16(3)17(18)4/h5-7,15,20H,8-14H2,1-4H3. The predicted octanol–water partition coefficient (Wildman–Crippen LogP) is 2.59. The zero-order valence-electron chi connectivity index (χ0n) is 15.1. The number of hydrogen-bond acceptors (Lipinski definition) is 3. The first-order valence-electron chi connectivity index (χ1n) is 8.78. The van der Waals surface area contributed by atoms with Crippen molar-refractivity contribution < 1.29 is 4.79 Å².